The maximum absolute atomic E-state index is 10.0. The summed E-state index contributed by atoms with van der Waals surface area (Å²) in [6.07, 6.45) is 1.58. The van der Waals surface area contributed by atoms with Gasteiger partial charge in [-0.1, -0.05) is 42.5 Å². The van der Waals surface area contributed by atoms with Crippen molar-refractivity contribution in [2.75, 3.05) is 0 Å². The summed E-state index contributed by atoms with van der Waals surface area (Å²) in [5.41, 5.74) is 1.12. The van der Waals surface area contributed by atoms with E-state index in [9.17, 15) is 10.2 Å². The van der Waals surface area contributed by atoms with Gasteiger partial charge in [0.05, 0.1) is 0 Å². The van der Waals surface area contributed by atoms with Crippen LogP contribution >= 0.6 is 0 Å². The molecule has 3 aromatic rings. The number of hydrogen-bond acceptors (Lipinski definition) is 3. The van der Waals surface area contributed by atoms with Crippen molar-refractivity contribution in [1.29, 1.82) is 0 Å². The van der Waals surface area contributed by atoms with Crippen LogP contribution in [0, 0.1) is 0 Å². The molecule has 0 aromatic heterocycles. The average molecular weight is 327 g/mol. The zero-order valence-corrected chi connectivity index (χ0v) is 11.9. The number of aliphatic imine (C=N–C) groups is 1. The van der Waals surface area contributed by atoms with Crippen molar-refractivity contribution in [3.05, 3.63) is 66.2 Å². The summed E-state index contributed by atoms with van der Waals surface area (Å²) in [5.74, 6) is 0.284. The molecule has 2 N–H and O–H groups in total. The molecule has 0 aliphatic rings. The first kappa shape index (κ1) is 15.1. The number of aromatic hydroxyl groups is 2. The topological polar surface area (TPSA) is 52.8 Å². The molecule has 3 aromatic carbocycles. The number of phenolic OH excluding ortho intramolecular Hbond substituents is 2. The average Bonchev–Trinajstić information content (AvgIpc) is 2.48. The minimum Gasteiger partial charge on any atom is -0.507 e. The van der Waals surface area contributed by atoms with Gasteiger partial charge in [-0.3, -0.25) is 4.99 Å². The summed E-state index contributed by atoms with van der Waals surface area (Å²) < 4.78 is 0. The van der Waals surface area contributed by atoms with Gasteiger partial charge in [-0.2, -0.15) is 0 Å². The predicted octanol–water partition coefficient (Wildman–Crippen LogP) is 4.00. The third kappa shape index (κ3) is 3.07. The van der Waals surface area contributed by atoms with Crippen molar-refractivity contribution in [3.63, 3.8) is 0 Å². The maximum atomic E-state index is 10.0. The molecule has 0 aliphatic heterocycles. The first-order chi connectivity index (χ1) is 9.75. The number of fused-ring (bicyclic) bond motifs is 1. The number of hydrogen-bond donors (Lipinski definition) is 2. The first-order valence-electron chi connectivity index (χ1n) is 6.28. The van der Waals surface area contributed by atoms with Crippen molar-refractivity contribution >= 4 is 22.7 Å². The van der Waals surface area contributed by atoms with Gasteiger partial charge in [-0.25, -0.2) is 0 Å². The van der Waals surface area contributed by atoms with E-state index >= 15 is 0 Å². The van der Waals surface area contributed by atoms with Crippen molar-refractivity contribution in [2.45, 2.75) is 0 Å². The molecule has 21 heavy (non-hydrogen) atoms. The van der Waals surface area contributed by atoms with Gasteiger partial charge in [0.25, 0.3) is 0 Å². The van der Waals surface area contributed by atoms with Crippen LogP contribution in [-0.2, 0) is 17.1 Å². The Morgan fingerprint density at radius 1 is 0.762 bits per heavy atom. The second-order valence-electron chi connectivity index (χ2n) is 4.47. The summed E-state index contributed by atoms with van der Waals surface area (Å²) >= 11 is 0. The van der Waals surface area contributed by atoms with E-state index in [1.54, 1.807) is 36.5 Å². The van der Waals surface area contributed by atoms with Crippen LogP contribution in [0.5, 0.6) is 11.5 Å². The molecule has 0 heterocycles. The van der Waals surface area contributed by atoms with E-state index < -0.39 is 0 Å². The van der Waals surface area contributed by atoms with Crippen molar-refractivity contribution in [1.82, 2.24) is 0 Å². The second kappa shape index (κ2) is 6.44. The molecule has 0 aliphatic carbocycles. The predicted molar refractivity (Wildman–Crippen MR) is 81.0 cm³/mol. The van der Waals surface area contributed by atoms with Crippen molar-refractivity contribution < 1.29 is 27.3 Å². The van der Waals surface area contributed by atoms with Crippen LogP contribution in [0.25, 0.3) is 10.8 Å². The van der Waals surface area contributed by atoms with Crippen LogP contribution < -0.4 is 0 Å². The van der Waals surface area contributed by atoms with Gasteiger partial charge in [-0.15, -0.1) is 0 Å². The Kier molecular flexibility index (Phi) is 4.63. The summed E-state index contributed by atoms with van der Waals surface area (Å²) in [5, 5.41) is 21.7. The van der Waals surface area contributed by atoms with Gasteiger partial charge < -0.3 is 10.2 Å². The summed E-state index contributed by atoms with van der Waals surface area (Å²) in [7, 11) is 0. The van der Waals surface area contributed by atoms with Gasteiger partial charge in [0, 0.05) is 28.8 Å². The van der Waals surface area contributed by atoms with Crippen molar-refractivity contribution in [2.24, 2.45) is 4.99 Å². The third-order valence-corrected chi connectivity index (χ3v) is 3.16. The van der Waals surface area contributed by atoms with E-state index in [0.717, 1.165) is 10.8 Å². The molecule has 0 unspecified atom stereocenters. The first-order valence-corrected chi connectivity index (χ1v) is 6.28. The Morgan fingerprint density at radius 3 is 2.29 bits per heavy atom. The molecule has 0 saturated heterocycles. The molecule has 0 atom stereocenters. The van der Waals surface area contributed by atoms with Crippen LogP contribution in [0.4, 0.5) is 5.69 Å². The Labute approximate surface area is 133 Å². The number of para-hydroxylation sites is 2. The van der Waals surface area contributed by atoms with Gasteiger partial charge >= 0.3 is 0 Å². The quantitative estimate of drug-likeness (QED) is 0.552. The SMILES string of the molecule is Oc1ccccc1N=Cc1c(O)ccc2ccccc12.[Cu]. The van der Waals surface area contributed by atoms with E-state index in [2.05, 4.69) is 4.99 Å². The van der Waals surface area contributed by atoms with E-state index in [-0.39, 0.29) is 28.6 Å². The third-order valence-electron chi connectivity index (χ3n) is 3.16. The molecule has 4 heteroatoms. The molecule has 1 radical (unpaired) electrons. The molecular weight excluding hydrogens is 314 g/mol. The van der Waals surface area contributed by atoms with Gasteiger partial charge in [0.15, 0.2) is 0 Å². The molecule has 3 nitrogen and oxygen atoms in total. The number of rotatable bonds is 2. The van der Waals surface area contributed by atoms with E-state index in [1.807, 2.05) is 30.3 Å². The standard InChI is InChI=1S/C17H13NO2.Cu/c19-16-10-9-12-5-1-2-6-13(12)14(16)11-18-15-7-3-4-8-17(15)20;/h1-11,19-20H;. The Hall–Kier alpha value is -2.29. The van der Waals surface area contributed by atoms with Gasteiger partial charge in [-0.05, 0) is 29.0 Å². The zero-order valence-electron chi connectivity index (χ0n) is 11.0. The molecule has 0 saturated carbocycles. The van der Waals surface area contributed by atoms with Gasteiger partial charge in [0.2, 0.25) is 0 Å². The summed E-state index contributed by atoms with van der Waals surface area (Å²) in [6.45, 7) is 0. The Bertz CT molecular complexity index is 800. The second-order valence-corrected chi connectivity index (χ2v) is 4.47. The number of nitrogens with zero attached hydrogens (tertiary/aromatic N) is 1. The maximum Gasteiger partial charge on any atom is 0.141 e. The fraction of sp³-hybridized carbons (Fsp3) is 0. The largest absolute Gasteiger partial charge is 0.507 e. The monoisotopic (exact) mass is 326 g/mol. The van der Waals surface area contributed by atoms with E-state index in [4.69, 9.17) is 0 Å². The molecule has 0 fully saturated rings. The fourth-order valence-corrected chi connectivity index (χ4v) is 2.13. The van der Waals surface area contributed by atoms with Gasteiger partial charge in [0.1, 0.15) is 17.2 Å². The minimum absolute atomic E-state index is 0. The summed E-state index contributed by atoms with van der Waals surface area (Å²) in [6, 6.07) is 18.1. The van der Waals surface area contributed by atoms with Crippen LogP contribution in [0.3, 0.4) is 0 Å². The Morgan fingerprint density at radius 2 is 1.48 bits per heavy atom. The van der Waals surface area contributed by atoms with E-state index in [1.165, 1.54) is 0 Å². The smallest absolute Gasteiger partial charge is 0.141 e. The normalized spacial score (nSPS) is 10.7. The molecule has 0 amide bonds. The van der Waals surface area contributed by atoms with Crippen LogP contribution in [0.1, 0.15) is 5.56 Å². The fourth-order valence-electron chi connectivity index (χ4n) is 2.13. The number of phenols is 2. The Balaban J connectivity index is 0.00000161. The van der Waals surface area contributed by atoms with E-state index in [0.29, 0.717) is 11.3 Å². The molecule has 109 valence electrons. The molecule has 3 rings (SSSR count). The number of benzene rings is 3. The van der Waals surface area contributed by atoms with Crippen molar-refractivity contribution in [3.8, 4) is 11.5 Å². The zero-order chi connectivity index (χ0) is 13.9. The molecule has 0 bridgehead atoms. The van der Waals surface area contributed by atoms with Crippen LogP contribution in [0.2, 0.25) is 0 Å². The molecular formula is C17H13CuNO2. The molecule has 0 spiro atoms. The van der Waals surface area contributed by atoms with Crippen LogP contribution in [-0.4, -0.2) is 16.4 Å². The minimum atomic E-state index is 0. The van der Waals surface area contributed by atoms with Crippen LogP contribution in [0.15, 0.2) is 65.7 Å². The summed E-state index contributed by atoms with van der Waals surface area (Å²) in [4.78, 5) is 4.25.